The molecule has 1 fully saturated rings. The number of benzene rings is 1. The van der Waals surface area contributed by atoms with Crippen LogP contribution < -0.4 is 15.0 Å². The van der Waals surface area contributed by atoms with E-state index < -0.39 is 23.8 Å². The fraction of sp³-hybridized carbons (Fsp3) is 0.400. The number of rotatable bonds is 4. The van der Waals surface area contributed by atoms with Crippen molar-refractivity contribution in [2.24, 2.45) is 11.8 Å². The summed E-state index contributed by atoms with van der Waals surface area (Å²) in [6, 6.07) is 5.89. The molecule has 0 bridgehead atoms. The topological polar surface area (TPSA) is 75.7 Å². The fourth-order valence-electron chi connectivity index (χ4n) is 2.28. The summed E-state index contributed by atoms with van der Waals surface area (Å²) in [5.74, 6) is -1.42. The van der Waals surface area contributed by atoms with E-state index in [2.05, 4.69) is 5.32 Å². The Morgan fingerprint density at radius 2 is 1.81 bits per heavy atom. The molecule has 0 aliphatic carbocycles. The summed E-state index contributed by atoms with van der Waals surface area (Å²) >= 11 is 0. The normalized spacial score (nSPS) is 19.0. The van der Waals surface area contributed by atoms with Crippen LogP contribution in [0.25, 0.3) is 0 Å². The number of imide groups is 2. The number of carbonyl (C=O) groups excluding carboxylic acids is 3. The lowest BCUT2D eigenvalue weighted by atomic mass is 9.92. The fourth-order valence-corrected chi connectivity index (χ4v) is 2.28. The molecule has 1 aliphatic rings. The third-order valence-corrected chi connectivity index (χ3v) is 3.27. The predicted molar refractivity (Wildman–Crippen MR) is 77.0 cm³/mol. The van der Waals surface area contributed by atoms with E-state index in [1.165, 1.54) is 0 Å². The smallest absolute Gasteiger partial charge is 0.335 e. The Bertz CT molecular complexity index is 566. The van der Waals surface area contributed by atoms with Gasteiger partial charge >= 0.3 is 6.03 Å². The first-order valence-electron chi connectivity index (χ1n) is 6.87. The molecule has 6 nitrogen and oxygen atoms in total. The quantitative estimate of drug-likeness (QED) is 0.860. The lowest BCUT2D eigenvalue weighted by molar-refractivity contribution is -0.136. The van der Waals surface area contributed by atoms with E-state index in [0.29, 0.717) is 18.0 Å². The molecule has 0 spiro atoms. The Morgan fingerprint density at radius 1 is 1.19 bits per heavy atom. The van der Waals surface area contributed by atoms with Gasteiger partial charge in [0.25, 0.3) is 0 Å². The van der Waals surface area contributed by atoms with Crippen LogP contribution in [0.4, 0.5) is 10.5 Å². The van der Waals surface area contributed by atoms with Gasteiger partial charge in [-0.05, 0) is 37.1 Å². The van der Waals surface area contributed by atoms with Crippen LogP contribution in [-0.2, 0) is 9.59 Å². The minimum atomic E-state index is -0.853. The molecule has 1 saturated heterocycles. The summed E-state index contributed by atoms with van der Waals surface area (Å²) in [5, 5.41) is 2.23. The monoisotopic (exact) mass is 290 g/mol. The summed E-state index contributed by atoms with van der Waals surface area (Å²) in [6.45, 7) is 5.95. The van der Waals surface area contributed by atoms with Gasteiger partial charge in [0.2, 0.25) is 11.8 Å². The molecule has 1 atom stereocenters. The molecule has 1 aromatic carbocycles. The van der Waals surface area contributed by atoms with Crippen LogP contribution in [0.5, 0.6) is 5.75 Å². The lowest BCUT2D eigenvalue weighted by Gasteiger charge is -2.31. The predicted octanol–water partition coefficient (Wildman–Crippen LogP) is 1.94. The summed E-state index contributed by atoms with van der Waals surface area (Å²) < 4.78 is 5.32. The highest BCUT2D eigenvalue weighted by Gasteiger charge is 2.42. The summed E-state index contributed by atoms with van der Waals surface area (Å²) in [5.41, 5.74) is 0.416. The van der Waals surface area contributed by atoms with Crippen molar-refractivity contribution < 1.29 is 19.1 Å². The Kier molecular flexibility index (Phi) is 4.26. The summed E-state index contributed by atoms with van der Waals surface area (Å²) in [7, 11) is 0. The average molecular weight is 290 g/mol. The van der Waals surface area contributed by atoms with Gasteiger partial charge in [0.05, 0.1) is 12.3 Å². The number of nitrogens with one attached hydrogen (secondary N) is 1. The highest BCUT2D eigenvalue weighted by atomic mass is 16.5. The highest BCUT2D eigenvalue weighted by molar-refractivity contribution is 6.27. The second-order valence-electron chi connectivity index (χ2n) is 5.12. The molecule has 21 heavy (non-hydrogen) atoms. The SMILES string of the molecule is CCOc1ccc(N2C(=O)NC(=O)C(C(C)C)C2=O)cc1. The van der Waals surface area contributed by atoms with Crippen molar-refractivity contribution in [3.63, 3.8) is 0 Å². The molecular weight excluding hydrogens is 272 g/mol. The van der Waals surface area contributed by atoms with Crippen LogP contribution in [-0.4, -0.2) is 24.5 Å². The maximum absolute atomic E-state index is 12.4. The van der Waals surface area contributed by atoms with Gasteiger partial charge in [-0.25, -0.2) is 9.69 Å². The van der Waals surface area contributed by atoms with Gasteiger partial charge in [-0.2, -0.15) is 0 Å². The van der Waals surface area contributed by atoms with E-state index in [0.717, 1.165) is 4.90 Å². The van der Waals surface area contributed by atoms with Gasteiger partial charge in [0.1, 0.15) is 11.7 Å². The van der Waals surface area contributed by atoms with E-state index in [-0.39, 0.29) is 5.92 Å². The van der Waals surface area contributed by atoms with E-state index in [4.69, 9.17) is 4.74 Å². The molecule has 112 valence electrons. The molecule has 0 saturated carbocycles. The average Bonchev–Trinajstić information content (AvgIpc) is 2.40. The van der Waals surface area contributed by atoms with Gasteiger partial charge in [-0.1, -0.05) is 13.8 Å². The highest BCUT2D eigenvalue weighted by Crippen LogP contribution is 2.26. The zero-order valence-electron chi connectivity index (χ0n) is 12.3. The number of barbiturate groups is 1. The van der Waals surface area contributed by atoms with Crippen molar-refractivity contribution >= 4 is 23.5 Å². The third kappa shape index (κ3) is 2.89. The van der Waals surface area contributed by atoms with Gasteiger partial charge in [-0.15, -0.1) is 0 Å². The molecule has 0 aromatic heterocycles. The standard InChI is InChI=1S/C15H18N2O4/c1-4-21-11-7-5-10(6-8-11)17-14(19)12(9(2)3)13(18)16-15(17)20/h5-9,12H,4H2,1-3H3,(H,16,18,20). The number of urea groups is 1. The first-order valence-corrected chi connectivity index (χ1v) is 6.87. The Labute approximate surface area is 123 Å². The van der Waals surface area contributed by atoms with Crippen LogP contribution in [0, 0.1) is 11.8 Å². The summed E-state index contributed by atoms with van der Waals surface area (Å²) in [4.78, 5) is 37.1. The van der Waals surface area contributed by atoms with Gasteiger partial charge in [0.15, 0.2) is 0 Å². The van der Waals surface area contributed by atoms with Crippen LogP contribution in [0.15, 0.2) is 24.3 Å². The van der Waals surface area contributed by atoms with Gasteiger partial charge in [-0.3, -0.25) is 14.9 Å². The maximum Gasteiger partial charge on any atom is 0.335 e. The summed E-state index contributed by atoms with van der Waals surface area (Å²) in [6.07, 6.45) is 0. The number of hydrogen-bond donors (Lipinski definition) is 1. The molecule has 1 aromatic rings. The largest absolute Gasteiger partial charge is 0.494 e. The van der Waals surface area contributed by atoms with Crippen LogP contribution in [0.2, 0.25) is 0 Å². The molecule has 1 unspecified atom stereocenters. The molecule has 1 heterocycles. The van der Waals surface area contributed by atoms with Crippen molar-refractivity contribution in [3.05, 3.63) is 24.3 Å². The number of amides is 4. The Morgan fingerprint density at radius 3 is 2.33 bits per heavy atom. The van der Waals surface area contributed by atoms with E-state index in [1.807, 2.05) is 6.92 Å². The van der Waals surface area contributed by atoms with Crippen molar-refractivity contribution in [1.82, 2.24) is 5.32 Å². The van der Waals surface area contributed by atoms with E-state index in [9.17, 15) is 14.4 Å². The number of hydrogen-bond acceptors (Lipinski definition) is 4. The Balaban J connectivity index is 2.30. The molecular formula is C15H18N2O4. The second-order valence-corrected chi connectivity index (χ2v) is 5.12. The third-order valence-electron chi connectivity index (χ3n) is 3.27. The molecule has 1 aliphatic heterocycles. The van der Waals surface area contributed by atoms with E-state index in [1.54, 1.807) is 38.1 Å². The lowest BCUT2D eigenvalue weighted by Crippen LogP contribution is -2.59. The van der Waals surface area contributed by atoms with Crippen LogP contribution in [0.1, 0.15) is 20.8 Å². The van der Waals surface area contributed by atoms with Gasteiger partial charge < -0.3 is 4.74 Å². The number of nitrogens with zero attached hydrogens (tertiary/aromatic N) is 1. The minimum absolute atomic E-state index is 0.184. The molecule has 4 amide bonds. The van der Waals surface area contributed by atoms with Crippen molar-refractivity contribution in [1.29, 1.82) is 0 Å². The maximum atomic E-state index is 12.4. The second kappa shape index (κ2) is 5.95. The zero-order valence-corrected chi connectivity index (χ0v) is 12.3. The van der Waals surface area contributed by atoms with E-state index >= 15 is 0 Å². The number of anilines is 1. The van der Waals surface area contributed by atoms with Crippen molar-refractivity contribution in [2.75, 3.05) is 11.5 Å². The first kappa shape index (κ1) is 15.0. The van der Waals surface area contributed by atoms with Crippen LogP contribution >= 0.6 is 0 Å². The molecule has 2 rings (SSSR count). The van der Waals surface area contributed by atoms with Crippen LogP contribution in [0.3, 0.4) is 0 Å². The number of carbonyl (C=O) groups is 3. The van der Waals surface area contributed by atoms with Gasteiger partial charge in [0, 0.05) is 0 Å². The number of ether oxygens (including phenoxy) is 1. The zero-order chi connectivity index (χ0) is 15.6. The molecule has 0 radical (unpaired) electrons. The van der Waals surface area contributed by atoms with Crippen molar-refractivity contribution in [3.8, 4) is 5.75 Å². The first-order chi connectivity index (χ1) is 9.95. The van der Waals surface area contributed by atoms with Crippen molar-refractivity contribution in [2.45, 2.75) is 20.8 Å². The minimum Gasteiger partial charge on any atom is -0.494 e. The molecule has 1 N–H and O–H groups in total. The molecule has 6 heteroatoms. The Hall–Kier alpha value is -2.37.